The topological polar surface area (TPSA) is 26.0 Å². The van der Waals surface area contributed by atoms with Gasteiger partial charge in [0, 0.05) is 6.04 Å². The summed E-state index contributed by atoms with van der Waals surface area (Å²) < 4.78 is 0. The van der Waals surface area contributed by atoms with Gasteiger partial charge in [-0.1, -0.05) is 0 Å². The molecule has 1 saturated heterocycles. The van der Waals surface area contributed by atoms with Gasteiger partial charge < -0.3 is 5.73 Å². The predicted molar refractivity (Wildman–Crippen MR) is 46.1 cm³/mol. The highest BCUT2D eigenvalue weighted by atomic mass is 32.2. The van der Waals surface area contributed by atoms with Crippen molar-refractivity contribution >= 4 is 11.8 Å². The fourth-order valence-corrected chi connectivity index (χ4v) is 3.14. The maximum atomic E-state index is 5.79. The van der Waals surface area contributed by atoms with Crippen LogP contribution in [0.25, 0.3) is 0 Å². The fraction of sp³-hybridized carbons (Fsp3) is 1.00. The molecule has 2 heteroatoms. The Morgan fingerprint density at radius 1 is 1.40 bits per heavy atom. The lowest BCUT2D eigenvalue weighted by atomic mass is 10.00. The van der Waals surface area contributed by atoms with Crippen molar-refractivity contribution in [1.29, 1.82) is 0 Å². The van der Waals surface area contributed by atoms with E-state index >= 15 is 0 Å². The van der Waals surface area contributed by atoms with Gasteiger partial charge in [-0.3, -0.25) is 0 Å². The molecule has 58 valence electrons. The van der Waals surface area contributed by atoms with Crippen molar-refractivity contribution in [2.75, 3.05) is 11.5 Å². The smallest absolute Gasteiger partial charge is 0.00740 e. The van der Waals surface area contributed by atoms with E-state index in [1.807, 2.05) is 0 Å². The van der Waals surface area contributed by atoms with E-state index in [9.17, 15) is 0 Å². The van der Waals surface area contributed by atoms with Gasteiger partial charge in [-0.15, -0.1) is 0 Å². The van der Waals surface area contributed by atoms with E-state index in [-0.39, 0.29) is 0 Å². The molecule has 2 N–H and O–H groups in total. The monoisotopic (exact) mass is 157 g/mol. The molecule has 0 aromatic rings. The average Bonchev–Trinajstić information content (AvgIpc) is 2.69. The first-order valence-electron chi connectivity index (χ1n) is 4.21. The summed E-state index contributed by atoms with van der Waals surface area (Å²) in [5.74, 6) is 4.66. The van der Waals surface area contributed by atoms with E-state index in [1.165, 1.54) is 30.8 Å². The summed E-state index contributed by atoms with van der Waals surface area (Å²) >= 11 is 2.12. The first-order chi connectivity index (χ1) is 4.88. The Kier molecular flexibility index (Phi) is 1.92. The Bertz CT molecular complexity index is 120. The molecule has 0 amide bonds. The summed E-state index contributed by atoms with van der Waals surface area (Å²) in [6.45, 7) is 0. The zero-order valence-electron chi connectivity index (χ0n) is 6.25. The Labute approximate surface area is 66.7 Å². The minimum atomic E-state index is 0.573. The molecule has 10 heavy (non-hydrogen) atoms. The lowest BCUT2D eigenvalue weighted by molar-refractivity contribution is 0.455. The number of hydrogen-bond acceptors (Lipinski definition) is 2. The third-order valence-corrected chi connectivity index (χ3v) is 3.93. The summed E-state index contributed by atoms with van der Waals surface area (Å²) in [6.07, 6.45) is 4.19. The van der Waals surface area contributed by atoms with Crippen LogP contribution in [0, 0.1) is 11.8 Å². The van der Waals surface area contributed by atoms with Crippen molar-refractivity contribution in [1.82, 2.24) is 0 Å². The molecule has 0 bridgehead atoms. The zero-order valence-corrected chi connectivity index (χ0v) is 7.07. The second-order valence-electron chi connectivity index (χ2n) is 3.54. The molecule has 2 rings (SSSR count). The van der Waals surface area contributed by atoms with Crippen LogP contribution < -0.4 is 5.73 Å². The van der Waals surface area contributed by atoms with Crippen LogP contribution in [0.5, 0.6) is 0 Å². The van der Waals surface area contributed by atoms with E-state index in [0.29, 0.717) is 6.04 Å². The first-order valence-corrected chi connectivity index (χ1v) is 5.37. The average molecular weight is 157 g/mol. The molecule has 0 radical (unpaired) electrons. The lowest BCUT2D eigenvalue weighted by Gasteiger charge is -2.20. The van der Waals surface area contributed by atoms with Crippen LogP contribution in [0.4, 0.5) is 0 Å². The minimum Gasteiger partial charge on any atom is -0.327 e. The second-order valence-corrected chi connectivity index (χ2v) is 4.69. The highest BCUT2D eigenvalue weighted by molar-refractivity contribution is 7.99. The molecular weight excluding hydrogens is 142 g/mol. The molecule has 1 nitrogen and oxygen atoms in total. The standard InChI is InChI=1S/C8H15NS/c9-8-4-7(8)6-2-1-3-10-5-6/h6-8H,1-5,9H2. The van der Waals surface area contributed by atoms with Crippen LogP contribution in [0.2, 0.25) is 0 Å². The van der Waals surface area contributed by atoms with Gasteiger partial charge in [0.05, 0.1) is 0 Å². The van der Waals surface area contributed by atoms with Gasteiger partial charge in [0.15, 0.2) is 0 Å². The van der Waals surface area contributed by atoms with Crippen molar-refractivity contribution in [3.63, 3.8) is 0 Å². The Morgan fingerprint density at radius 3 is 2.70 bits per heavy atom. The predicted octanol–water partition coefficient (Wildman–Crippen LogP) is 1.48. The summed E-state index contributed by atoms with van der Waals surface area (Å²) in [7, 11) is 0. The van der Waals surface area contributed by atoms with Crippen LogP contribution in [0.15, 0.2) is 0 Å². The molecular formula is C8H15NS. The van der Waals surface area contributed by atoms with Crippen LogP contribution in [-0.2, 0) is 0 Å². The van der Waals surface area contributed by atoms with Gasteiger partial charge in [-0.05, 0) is 42.6 Å². The van der Waals surface area contributed by atoms with Gasteiger partial charge >= 0.3 is 0 Å². The molecule has 0 spiro atoms. The molecule has 0 aromatic carbocycles. The SMILES string of the molecule is NC1CC1C1CCCSC1. The van der Waals surface area contributed by atoms with Gasteiger partial charge in [-0.2, -0.15) is 11.8 Å². The minimum absolute atomic E-state index is 0.573. The van der Waals surface area contributed by atoms with E-state index in [1.54, 1.807) is 0 Å². The third kappa shape index (κ3) is 1.32. The van der Waals surface area contributed by atoms with Crippen molar-refractivity contribution in [2.45, 2.75) is 25.3 Å². The molecule has 3 atom stereocenters. The normalized spacial score (nSPS) is 47.1. The van der Waals surface area contributed by atoms with E-state index in [0.717, 1.165) is 11.8 Å². The summed E-state index contributed by atoms with van der Waals surface area (Å²) in [5, 5.41) is 0. The number of thioether (sulfide) groups is 1. The van der Waals surface area contributed by atoms with Gasteiger partial charge in [-0.25, -0.2) is 0 Å². The molecule has 1 aliphatic heterocycles. The van der Waals surface area contributed by atoms with Gasteiger partial charge in [0.25, 0.3) is 0 Å². The number of nitrogens with two attached hydrogens (primary N) is 1. The van der Waals surface area contributed by atoms with Crippen LogP contribution in [-0.4, -0.2) is 17.5 Å². The zero-order chi connectivity index (χ0) is 6.97. The van der Waals surface area contributed by atoms with Crippen molar-refractivity contribution in [2.24, 2.45) is 17.6 Å². The van der Waals surface area contributed by atoms with Crippen molar-refractivity contribution in [3.05, 3.63) is 0 Å². The molecule has 2 fully saturated rings. The van der Waals surface area contributed by atoms with Crippen LogP contribution in [0.1, 0.15) is 19.3 Å². The molecule has 0 aromatic heterocycles. The fourth-order valence-electron chi connectivity index (χ4n) is 1.88. The van der Waals surface area contributed by atoms with Gasteiger partial charge in [0.1, 0.15) is 0 Å². The lowest BCUT2D eigenvalue weighted by Crippen LogP contribution is -2.16. The second kappa shape index (κ2) is 2.74. The van der Waals surface area contributed by atoms with E-state index in [4.69, 9.17) is 5.73 Å². The highest BCUT2D eigenvalue weighted by Crippen LogP contribution is 2.41. The first kappa shape index (κ1) is 6.99. The van der Waals surface area contributed by atoms with Crippen LogP contribution in [0.3, 0.4) is 0 Å². The molecule has 1 aliphatic carbocycles. The Morgan fingerprint density at radius 2 is 2.20 bits per heavy atom. The highest BCUT2D eigenvalue weighted by Gasteiger charge is 2.40. The van der Waals surface area contributed by atoms with Crippen molar-refractivity contribution < 1.29 is 0 Å². The third-order valence-electron chi connectivity index (χ3n) is 2.69. The molecule has 2 aliphatic rings. The van der Waals surface area contributed by atoms with E-state index < -0.39 is 0 Å². The number of rotatable bonds is 1. The summed E-state index contributed by atoms with van der Waals surface area (Å²) in [4.78, 5) is 0. The maximum Gasteiger partial charge on any atom is 0.00740 e. The molecule has 3 unspecified atom stereocenters. The van der Waals surface area contributed by atoms with Crippen molar-refractivity contribution in [3.8, 4) is 0 Å². The maximum absolute atomic E-state index is 5.79. The van der Waals surface area contributed by atoms with Gasteiger partial charge in [0.2, 0.25) is 0 Å². The molecule has 1 saturated carbocycles. The largest absolute Gasteiger partial charge is 0.327 e. The summed E-state index contributed by atoms with van der Waals surface area (Å²) in [6, 6.07) is 0.573. The van der Waals surface area contributed by atoms with E-state index in [2.05, 4.69) is 11.8 Å². The Balaban J connectivity index is 1.81. The van der Waals surface area contributed by atoms with Crippen LogP contribution >= 0.6 is 11.8 Å². The molecule has 1 heterocycles. The summed E-state index contributed by atoms with van der Waals surface area (Å²) in [5.41, 5.74) is 5.79. The number of hydrogen-bond donors (Lipinski definition) is 1. The quantitative estimate of drug-likeness (QED) is 0.624. The Hall–Kier alpha value is 0.310.